The molecule has 0 spiro atoms. The van der Waals surface area contributed by atoms with Crippen molar-refractivity contribution in [1.29, 1.82) is 0 Å². The Morgan fingerprint density at radius 3 is 2.45 bits per heavy atom. The van der Waals surface area contributed by atoms with Gasteiger partial charge in [-0.3, -0.25) is 4.79 Å². The molecule has 0 radical (unpaired) electrons. The summed E-state index contributed by atoms with van der Waals surface area (Å²) < 4.78 is 5.15. The SMILES string of the molecule is COC(=O)C1=C(C)N=C2SC=C(CC(=O)N3CCC(C)CC3)N2[C@@H]1c1ccc(C(C)C)cc1. The summed E-state index contributed by atoms with van der Waals surface area (Å²) in [6.07, 6.45) is 2.40. The Balaban J connectivity index is 1.66. The molecule has 176 valence electrons. The lowest BCUT2D eigenvalue weighted by Gasteiger charge is -2.37. The first kappa shape index (κ1) is 23.6. The van der Waals surface area contributed by atoms with E-state index in [0.717, 1.165) is 42.4 Å². The average molecular weight is 468 g/mol. The van der Waals surface area contributed by atoms with Crippen molar-refractivity contribution in [3.05, 3.63) is 57.8 Å². The van der Waals surface area contributed by atoms with Gasteiger partial charge in [-0.1, -0.05) is 56.8 Å². The summed E-state index contributed by atoms with van der Waals surface area (Å²) in [4.78, 5) is 34.7. The highest BCUT2D eigenvalue weighted by Gasteiger charge is 2.41. The van der Waals surface area contributed by atoms with Crippen LogP contribution in [-0.2, 0) is 14.3 Å². The van der Waals surface area contributed by atoms with Crippen molar-refractivity contribution in [3.63, 3.8) is 0 Å². The zero-order valence-corrected chi connectivity index (χ0v) is 20.9. The molecular weight excluding hydrogens is 434 g/mol. The molecule has 3 aliphatic heterocycles. The number of amides is 1. The van der Waals surface area contributed by atoms with Gasteiger partial charge in [0, 0.05) is 18.8 Å². The number of amidine groups is 1. The number of carbonyl (C=O) groups is 2. The molecule has 0 aromatic heterocycles. The fourth-order valence-corrected chi connectivity index (χ4v) is 5.61. The van der Waals surface area contributed by atoms with Crippen molar-refractivity contribution in [1.82, 2.24) is 9.80 Å². The molecule has 0 aliphatic carbocycles. The van der Waals surface area contributed by atoms with Crippen molar-refractivity contribution < 1.29 is 14.3 Å². The van der Waals surface area contributed by atoms with E-state index in [4.69, 9.17) is 9.73 Å². The van der Waals surface area contributed by atoms with Crippen LogP contribution in [0, 0.1) is 5.92 Å². The van der Waals surface area contributed by atoms with Gasteiger partial charge in [-0.05, 0) is 48.1 Å². The first-order valence-corrected chi connectivity index (χ1v) is 12.6. The van der Waals surface area contributed by atoms with Crippen molar-refractivity contribution in [3.8, 4) is 0 Å². The molecule has 6 nitrogen and oxygen atoms in total. The predicted molar refractivity (Wildman–Crippen MR) is 133 cm³/mol. The molecule has 1 saturated heterocycles. The molecule has 1 aromatic rings. The topological polar surface area (TPSA) is 62.2 Å². The fraction of sp³-hybridized carbons (Fsp3) is 0.500. The maximum Gasteiger partial charge on any atom is 0.338 e. The highest BCUT2D eigenvalue weighted by molar-refractivity contribution is 8.16. The number of ether oxygens (including phenoxy) is 1. The molecule has 1 aromatic carbocycles. The molecule has 0 N–H and O–H groups in total. The summed E-state index contributed by atoms with van der Waals surface area (Å²) in [5.74, 6) is 0.836. The third-order valence-corrected chi connectivity index (χ3v) is 7.68. The van der Waals surface area contributed by atoms with E-state index in [2.05, 4.69) is 49.9 Å². The number of hydrogen-bond donors (Lipinski definition) is 0. The number of likely N-dealkylation sites (tertiary alicyclic amines) is 1. The van der Waals surface area contributed by atoms with E-state index >= 15 is 0 Å². The third-order valence-electron chi connectivity index (χ3n) is 6.79. The van der Waals surface area contributed by atoms with E-state index in [0.29, 0.717) is 29.5 Å². The molecule has 1 atom stereocenters. The lowest BCUT2D eigenvalue weighted by molar-refractivity contribution is -0.136. The number of benzene rings is 1. The van der Waals surface area contributed by atoms with Crippen LogP contribution in [0.3, 0.4) is 0 Å². The minimum absolute atomic E-state index is 0.134. The minimum atomic E-state index is -0.388. The maximum absolute atomic E-state index is 13.1. The number of carbonyl (C=O) groups excluding carboxylic acids is 2. The second-order valence-corrected chi connectivity index (χ2v) is 10.3. The number of nitrogens with zero attached hydrogens (tertiary/aromatic N) is 3. The van der Waals surface area contributed by atoms with Crippen LogP contribution in [-0.4, -0.2) is 47.0 Å². The molecule has 4 rings (SSSR count). The summed E-state index contributed by atoms with van der Waals surface area (Å²) >= 11 is 1.51. The Labute approximate surface area is 200 Å². The van der Waals surface area contributed by atoms with Crippen LogP contribution in [0.4, 0.5) is 0 Å². The van der Waals surface area contributed by atoms with E-state index in [1.54, 1.807) is 0 Å². The van der Waals surface area contributed by atoms with E-state index in [1.807, 2.05) is 17.2 Å². The monoisotopic (exact) mass is 467 g/mol. The second kappa shape index (κ2) is 9.75. The van der Waals surface area contributed by atoms with Gasteiger partial charge in [0.1, 0.15) is 0 Å². The Morgan fingerprint density at radius 1 is 1.18 bits per heavy atom. The number of hydrogen-bond acceptors (Lipinski definition) is 6. The van der Waals surface area contributed by atoms with Crippen molar-refractivity contribution in [2.24, 2.45) is 10.9 Å². The molecule has 0 unspecified atom stereocenters. The number of thioether (sulfide) groups is 1. The summed E-state index contributed by atoms with van der Waals surface area (Å²) in [7, 11) is 1.40. The molecule has 0 saturated carbocycles. The Bertz CT molecular complexity index is 1020. The maximum atomic E-state index is 13.1. The normalized spacial score (nSPS) is 21.2. The largest absolute Gasteiger partial charge is 0.466 e. The molecule has 3 heterocycles. The summed E-state index contributed by atoms with van der Waals surface area (Å²) in [5.41, 5.74) is 4.29. The molecule has 33 heavy (non-hydrogen) atoms. The molecule has 1 fully saturated rings. The number of fused-ring (bicyclic) bond motifs is 1. The van der Waals surface area contributed by atoms with E-state index in [9.17, 15) is 9.59 Å². The number of aliphatic imine (C=N–C) groups is 1. The smallest absolute Gasteiger partial charge is 0.338 e. The number of methoxy groups -OCH3 is 1. The van der Waals surface area contributed by atoms with E-state index in [-0.39, 0.29) is 17.9 Å². The van der Waals surface area contributed by atoms with Gasteiger partial charge in [0.25, 0.3) is 0 Å². The van der Waals surface area contributed by atoms with Crippen LogP contribution in [0.25, 0.3) is 0 Å². The molecular formula is C26H33N3O3S. The minimum Gasteiger partial charge on any atom is -0.466 e. The lowest BCUT2D eigenvalue weighted by Crippen LogP contribution is -2.41. The zero-order valence-electron chi connectivity index (χ0n) is 20.1. The molecule has 1 amide bonds. The highest BCUT2D eigenvalue weighted by Crippen LogP contribution is 2.45. The molecule has 0 bridgehead atoms. The first-order chi connectivity index (χ1) is 15.8. The number of piperidine rings is 1. The van der Waals surface area contributed by atoms with Crippen LogP contribution >= 0.6 is 11.8 Å². The average Bonchev–Trinajstić information content (AvgIpc) is 3.19. The standard InChI is InChI=1S/C26H33N3O3S/c1-16(2)19-6-8-20(9-7-19)24-23(25(31)32-5)18(4)27-26-29(24)21(15-33-26)14-22(30)28-12-10-17(3)11-13-28/h6-9,15-17,24H,10-14H2,1-5H3/t24-/m1/s1. The van der Waals surface area contributed by atoms with Gasteiger partial charge in [0.2, 0.25) is 5.91 Å². The summed E-state index contributed by atoms with van der Waals surface area (Å²) in [6.45, 7) is 10.0. The Hall–Kier alpha value is -2.54. The van der Waals surface area contributed by atoms with Gasteiger partial charge < -0.3 is 14.5 Å². The van der Waals surface area contributed by atoms with Gasteiger partial charge in [-0.2, -0.15) is 0 Å². The van der Waals surface area contributed by atoms with E-state index in [1.165, 1.54) is 24.4 Å². The van der Waals surface area contributed by atoms with Crippen LogP contribution < -0.4 is 0 Å². The Kier molecular flexibility index (Phi) is 6.98. The fourth-order valence-electron chi connectivity index (χ4n) is 4.64. The molecule has 7 heteroatoms. The van der Waals surface area contributed by atoms with Crippen molar-refractivity contribution in [2.45, 2.75) is 58.9 Å². The predicted octanol–water partition coefficient (Wildman–Crippen LogP) is 5.21. The van der Waals surface area contributed by atoms with Crippen molar-refractivity contribution in [2.75, 3.05) is 20.2 Å². The van der Waals surface area contributed by atoms with Crippen molar-refractivity contribution >= 4 is 28.8 Å². The highest BCUT2D eigenvalue weighted by atomic mass is 32.2. The number of allylic oxidation sites excluding steroid dienone is 1. The van der Waals surface area contributed by atoms with E-state index < -0.39 is 0 Å². The summed E-state index contributed by atoms with van der Waals surface area (Å²) in [6, 6.07) is 8.01. The zero-order chi connectivity index (χ0) is 23.7. The van der Waals surface area contributed by atoms with Crippen LogP contribution in [0.1, 0.15) is 70.0 Å². The van der Waals surface area contributed by atoms with Crippen LogP contribution in [0.15, 0.2) is 51.6 Å². The molecule has 3 aliphatic rings. The second-order valence-electron chi connectivity index (χ2n) is 9.45. The van der Waals surface area contributed by atoms with Gasteiger partial charge in [-0.15, -0.1) is 0 Å². The number of rotatable bonds is 5. The van der Waals surface area contributed by atoms with Crippen LogP contribution in [0.5, 0.6) is 0 Å². The van der Waals surface area contributed by atoms with Gasteiger partial charge in [0.15, 0.2) is 5.17 Å². The van der Waals surface area contributed by atoms with Gasteiger partial charge >= 0.3 is 5.97 Å². The number of esters is 1. The van der Waals surface area contributed by atoms with Gasteiger partial charge in [0.05, 0.1) is 30.8 Å². The first-order valence-electron chi connectivity index (χ1n) is 11.7. The Morgan fingerprint density at radius 2 is 1.85 bits per heavy atom. The third kappa shape index (κ3) is 4.74. The summed E-state index contributed by atoms with van der Waals surface area (Å²) in [5, 5.41) is 2.81. The van der Waals surface area contributed by atoms with Crippen LogP contribution in [0.2, 0.25) is 0 Å². The quantitative estimate of drug-likeness (QED) is 0.557. The lowest BCUT2D eigenvalue weighted by atomic mass is 9.92. The van der Waals surface area contributed by atoms with Gasteiger partial charge in [-0.25, -0.2) is 9.79 Å².